The third kappa shape index (κ3) is 4.76. The lowest BCUT2D eigenvalue weighted by atomic mass is 10.1. The summed E-state index contributed by atoms with van der Waals surface area (Å²) in [6, 6.07) is 10.0. The summed E-state index contributed by atoms with van der Waals surface area (Å²) in [5.74, 6) is -0.339. The van der Waals surface area contributed by atoms with E-state index in [2.05, 4.69) is 5.32 Å². The molecule has 2 aromatic rings. The van der Waals surface area contributed by atoms with Gasteiger partial charge in [-0.05, 0) is 50.3 Å². The number of rotatable bonds is 7. The van der Waals surface area contributed by atoms with Crippen LogP contribution in [-0.4, -0.2) is 26.1 Å². The number of hydrogen-bond acceptors (Lipinski definition) is 3. The lowest BCUT2D eigenvalue weighted by Crippen LogP contribution is -2.19. The monoisotopic (exact) mass is 334 g/mol. The van der Waals surface area contributed by atoms with Gasteiger partial charge in [0.05, 0.1) is 7.11 Å². The second-order valence-electron chi connectivity index (χ2n) is 6.16. The van der Waals surface area contributed by atoms with Crippen molar-refractivity contribution >= 4 is 0 Å². The highest BCUT2D eigenvalue weighted by atomic mass is 19.1. The molecule has 1 N–H and O–H groups in total. The van der Waals surface area contributed by atoms with Gasteiger partial charge in [-0.15, -0.1) is 0 Å². The molecule has 1 atom stereocenters. The van der Waals surface area contributed by atoms with Gasteiger partial charge in [0.25, 0.3) is 0 Å². The van der Waals surface area contributed by atoms with Gasteiger partial charge >= 0.3 is 0 Å². The minimum Gasteiger partial charge on any atom is -0.494 e. The third-order valence-electron chi connectivity index (χ3n) is 3.88. The van der Waals surface area contributed by atoms with Crippen LogP contribution in [-0.2, 0) is 13.1 Å². The predicted octanol–water partition coefficient (Wildman–Crippen LogP) is 3.89. The molecular weight excluding hydrogens is 310 g/mol. The lowest BCUT2D eigenvalue weighted by molar-refractivity contribution is 0.385. The molecule has 0 spiro atoms. The van der Waals surface area contributed by atoms with Crippen molar-refractivity contribution in [2.75, 3.05) is 21.2 Å². The van der Waals surface area contributed by atoms with Crippen molar-refractivity contribution in [3.05, 3.63) is 64.7 Å². The summed E-state index contributed by atoms with van der Waals surface area (Å²) in [4.78, 5) is 1.93. The van der Waals surface area contributed by atoms with E-state index in [-0.39, 0.29) is 23.4 Å². The van der Waals surface area contributed by atoms with Crippen molar-refractivity contribution < 1.29 is 13.5 Å². The number of halogens is 2. The number of nitrogens with zero attached hydrogens (tertiary/aromatic N) is 1. The van der Waals surface area contributed by atoms with E-state index in [1.54, 1.807) is 12.1 Å². The van der Waals surface area contributed by atoms with Gasteiger partial charge in [0, 0.05) is 24.7 Å². The van der Waals surface area contributed by atoms with Crippen LogP contribution in [0.25, 0.3) is 0 Å². The summed E-state index contributed by atoms with van der Waals surface area (Å²) < 4.78 is 32.5. The second-order valence-corrected chi connectivity index (χ2v) is 6.16. The van der Waals surface area contributed by atoms with Gasteiger partial charge < -0.3 is 15.0 Å². The van der Waals surface area contributed by atoms with Gasteiger partial charge in [0.2, 0.25) is 0 Å². The minimum absolute atomic E-state index is 0.0345. The van der Waals surface area contributed by atoms with E-state index in [0.29, 0.717) is 18.7 Å². The molecule has 1 unspecified atom stereocenters. The Morgan fingerprint density at radius 2 is 1.83 bits per heavy atom. The standard InChI is InChI=1S/C19H24F2N2O/c1-13(15-6-8-19(24-4)18(21)10-15)22-11-14-5-7-17(20)16(9-14)12-23(2)3/h5-10,13,22H,11-12H2,1-4H3. The number of benzene rings is 2. The van der Waals surface area contributed by atoms with E-state index in [9.17, 15) is 8.78 Å². The van der Waals surface area contributed by atoms with Crippen LogP contribution in [0.15, 0.2) is 36.4 Å². The average Bonchev–Trinajstić information content (AvgIpc) is 2.54. The molecule has 0 fully saturated rings. The topological polar surface area (TPSA) is 24.5 Å². The zero-order chi connectivity index (χ0) is 17.7. The molecular formula is C19H24F2N2O. The van der Waals surface area contributed by atoms with Crippen LogP contribution in [0, 0.1) is 11.6 Å². The quantitative estimate of drug-likeness (QED) is 0.831. The van der Waals surface area contributed by atoms with Crippen molar-refractivity contribution in [2.24, 2.45) is 0 Å². The highest BCUT2D eigenvalue weighted by Crippen LogP contribution is 2.22. The highest BCUT2D eigenvalue weighted by molar-refractivity contribution is 5.31. The molecule has 3 nitrogen and oxygen atoms in total. The van der Waals surface area contributed by atoms with Crippen molar-refractivity contribution in [3.8, 4) is 5.75 Å². The number of ether oxygens (including phenoxy) is 1. The molecule has 0 saturated carbocycles. The number of hydrogen-bond donors (Lipinski definition) is 1. The Morgan fingerprint density at radius 1 is 1.08 bits per heavy atom. The van der Waals surface area contributed by atoms with Crippen LogP contribution >= 0.6 is 0 Å². The zero-order valence-electron chi connectivity index (χ0n) is 14.6. The maximum Gasteiger partial charge on any atom is 0.165 e. The van der Waals surface area contributed by atoms with Gasteiger partial charge in [-0.2, -0.15) is 0 Å². The van der Waals surface area contributed by atoms with Gasteiger partial charge in [-0.25, -0.2) is 8.78 Å². The van der Waals surface area contributed by atoms with Crippen molar-refractivity contribution in [3.63, 3.8) is 0 Å². The Bertz CT molecular complexity index is 689. The molecule has 0 bridgehead atoms. The summed E-state index contributed by atoms with van der Waals surface area (Å²) in [5.41, 5.74) is 2.50. The summed E-state index contributed by atoms with van der Waals surface area (Å²) in [6.45, 7) is 3.10. The highest BCUT2D eigenvalue weighted by Gasteiger charge is 2.10. The van der Waals surface area contributed by atoms with Gasteiger partial charge in [0.1, 0.15) is 5.82 Å². The molecule has 2 rings (SSSR count). The Hall–Kier alpha value is -1.98. The van der Waals surface area contributed by atoms with Crippen molar-refractivity contribution in [2.45, 2.75) is 26.1 Å². The van der Waals surface area contributed by atoms with E-state index >= 15 is 0 Å². The van der Waals surface area contributed by atoms with Gasteiger partial charge in [-0.3, -0.25) is 0 Å². The van der Waals surface area contributed by atoms with Crippen molar-refractivity contribution in [1.29, 1.82) is 0 Å². The molecule has 0 aliphatic rings. The first kappa shape index (κ1) is 18.4. The first-order valence-corrected chi connectivity index (χ1v) is 7.89. The first-order valence-electron chi connectivity index (χ1n) is 7.89. The molecule has 24 heavy (non-hydrogen) atoms. The third-order valence-corrected chi connectivity index (χ3v) is 3.88. The molecule has 0 aliphatic heterocycles. The van der Waals surface area contributed by atoms with E-state index in [1.807, 2.05) is 38.1 Å². The molecule has 0 heterocycles. The first-order chi connectivity index (χ1) is 11.4. The summed E-state index contributed by atoms with van der Waals surface area (Å²) in [7, 11) is 5.26. The predicted molar refractivity (Wildman–Crippen MR) is 92.0 cm³/mol. The van der Waals surface area contributed by atoms with E-state index < -0.39 is 0 Å². The molecule has 0 radical (unpaired) electrons. The smallest absolute Gasteiger partial charge is 0.165 e. The average molecular weight is 334 g/mol. The van der Waals surface area contributed by atoms with Crippen LogP contribution in [0.4, 0.5) is 8.78 Å². The van der Waals surface area contributed by atoms with Crippen LogP contribution in [0.1, 0.15) is 29.7 Å². The molecule has 130 valence electrons. The normalized spacial score (nSPS) is 12.5. The zero-order valence-corrected chi connectivity index (χ0v) is 14.6. The molecule has 0 aliphatic carbocycles. The Labute approximate surface area is 142 Å². The fourth-order valence-electron chi connectivity index (χ4n) is 2.54. The fourth-order valence-corrected chi connectivity index (χ4v) is 2.54. The Kier molecular flexibility index (Phi) is 6.29. The SMILES string of the molecule is COc1ccc(C(C)NCc2ccc(F)c(CN(C)C)c2)cc1F. The van der Waals surface area contributed by atoms with E-state index in [1.165, 1.54) is 19.2 Å². The fraction of sp³-hybridized carbons (Fsp3) is 0.368. The van der Waals surface area contributed by atoms with Crippen LogP contribution < -0.4 is 10.1 Å². The van der Waals surface area contributed by atoms with Crippen molar-refractivity contribution in [1.82, 2.24) is 10.2 Å². The Morgan fingerprint density at radius 3 is 2.46 bits per heavy atom. The maximum absolute atomic E-state index is 13.8. The number of methoxy groups -OCH3 is 1. The largest absolute Gasteiger partial charge is 0.494 e. The minimum atomic E-state index is -0.376. The molecule has 0 saturated heterocycles. The van der Waals surface area contributed by atoms with Gasteiger partial charge in [-0.1, -0.05) is 18.2 Å². The molecule has 5 heteroatoms. The van der Waals surface area contributed by atoms with Crippen LogP contribution in [0.3, 0.4) is 0 Å². The lowest BCUT2D eigenvalue weighted by Gasteiger charge is -2.16. The van der Waals surface area contributed by atoms with Crippen LogP contribution in [0.2, 0.25) is 0 Å². The molecule has 0 aromatic heterocycles. The molecule has 2 aromatic carbocycles. The summed E-state index contributed by atoms with van der Waals surface area (Å²) >= 11 is 0. The van der Waals surface area contributed by atoms with Gasteiger partial charge in [0.15, 0.2) is 11.6 Å². The Balaban J connectivity index is 2.03. The van der Waals surface area contributed by atoms with Crippen LogP contribution in [0.5, 0.6) is 5.75 Å². The number of nitrogens with one attached hydrogen (secondary N) is 1. The van der Waals surface area contributed by atoms with E-state index in [4.69, 9.17) is 4.74 Å². The second kappa shape index (κ2) is 8.22. The summed E-state index contributed by atoms with van der Waals surface area (Å²) in [6.07, 6.45) is 0. The van der Waals surface area contributed by atoms with E-state index in [0.717, 1.165) is 11.1 Å². The molecule has 0 amide bonds. The maximum atomic E-state index is 13.8. The summed E-state index contributed by atoms with van der Waals surface area (Å²) in [5, 5.41) is 3.34.